The van der Waals surface area contributed by atoms with Crippen LogP contribution in [-0.2, 0) is 14.3 Å². The maximum atomic E-state index is 11.5. The third kappa shape index (κ3) is 3.38. The first-order chi connectivity index (χ1) is 6.93. The van der Waals surface area contributed by atoms with Crippen LogP contribution in [0.3, 0.4) is 0 Å². The summed E-state index contributed by atoms with van der Waals surface area (Å²) >= 11 is 0. The van der Waals surface area contributed by atoms with E-state index < -0.39 is 17.5 Å². The molecule has 4 heteroatoms. The van der Waals surface area contributed by atoms with Gasteiger partial charge in [-0.25, -0.2) is 9.59 Å². The second-order valence-corrected chi connectivity index (χ2v) is 4.21. The van der Waals surface area contributed by atoms with E-state index in [1.807, 2.05) is 6.92 Å². The van der Waals surface area contributed by atoms with E-state index in [1.165, 1.54) is 6.92 Å². The molecule has 0 heterocycles. The van der Waals surface area contributed by atoms with E-state index in [2.05, 4.69) is 0 Å². The Kier molecular flexibility index (Phi) is 3.50. The predicted molar refractivity (Wildman–Crippen MR) is 54.4 cm³/mol. The fourth-order valence-electron chi connectivity index (χ4n) is 1.77. The van der Waals surface area contributed by atoms with E-state index in [0.29, 0.717) is 0 Å². The monoisotopic (exact) mass is 212 g/mol. The lowest BCUT2D eigenvalue weighted by Gasteiger charge is -2.24. The number of hydrogen-bond acceptors (Lipinski definition) is 3. The summed E-state index contributed by atoms with van der Waals surface area (Å²) in [7, 11) is 0. The number of aliphatic carboxylic acids is 1. The normalized spacial score (nSPS) is 20.0. The van der Waals surface area contributed by atoms with Gasteiger partial charge in [-0.3, -0.25) is 0 Å². The molecule has 0 atom stereocenters. The Labute approximate surface area is 88.9 Å². The summed E-state index contributed by atoms with van der Waals surface area (Å²) in [5.41, 5.74) is -0.263. The Bertz CT molecular complexity index is 298. The highest BCUT2D eigenvalue weighted by Crippen LogP contribution is 2.33. The number of rotatable bonds is 3. The standard InChI is InChI=1S/C11H16O4/c1-8(7-9(12)13)10(14)15-11(2)5-3-4-6-11/h7H,3-6H2,1-2H3,(H,12,13)/b8-7-. The quantitative estimate of drug-likeness (QED) is 0.573. The number of hydrogen-bond donors (Lipinski definition) is 1. The van der Waals surface area contributed by atoms with Gasteiger partial charge in [0.2, 0.25) is 0 Å². The van der Waals surface area contributed by atoms with Gasteiger partial charge in [0.1, 0.15) is 5.60 Å². The highest BCUT2D eigenvalue weighted by Gasteiger charge is 2.32. The van der Waals surface area contributed by atoms with Gasteiger partial charge in [-0.1, -0.05) is 0 Å². The SMILES string of the molecule is C/C(=C/C(=O)O)C(=O)OC1(C)CCCC1. The van der Waals surface area contributed by atoms with Crippen LogP contribution in [0.15, 0.2) is 11.6 Å². The number of ether oxygens (including phenoxy) is 1. The van der Waals surface area contributed by atoms with Gasteiger partial charge in [0.15, 0.2) is 0 Å². The van der Waals surface area contributed by atoms with E-state index in [-0.39, 0.29) is 5.57 Å². The molecule has 15 heavy (non-hydrogen) atoms. The van der Waals surface area contributed by atoms with Gasteiger partial charge in [-0.2, -0.15) is 0 Å². The summed E-state index contributed by atoms with van der Waals surface area (Å²) in [5, 5.41) is 8.47. The van der Waals surface area contributed by atoms with Crippen molar-refractivity contribution in [3.63, 3.8) is 0 Å². The summed E-state index contributed by atoms with van der Waals surface area (Å²) in [4.78, 5) is 21.8. The molecule has 0 saturated heterocycles. The number of esters is 1. The van der Waals surface area contributed by atoms with Crippen molar-refractivity contribution in [1.82, 2.24) is 0 Å². The average Bonchev–Trinajstić information content (AvgIpc) is 2.50. The van der Waals surface area contributed by atoms with Crippen LogP contribution in [0.1, 0.15) is 39.5 Å². The van der Waals surface area contributed by atoms with Crippen LogP contribution in [0, 0.1) is 0 Å². The fourth-order valence-corrected chi connectivity index (χ4v) is 1.77. The van der Waals surface area contributed by atoms with Crippen LogP contribution in [0.5, 0.6) is 0 Å². The Morgan fingerprint density at radius 3 is 2.33 bits per heavy atom. The molecule has 0 aromatic rings. The minimum Gasteiger partial charge on any atom is -0.478 e. The van der Waals surface area contributed by atoms with Crippen molar-refractivity contribution in [2.24, 2.45) is 0 Å². The van der Waals surface area contributed by atoms with Gasteiger partial charge >= 0.3 is 11.9 Å². The number of carbonyl (C=O) groups excluding carboxylic acids is 1. The lowest BCUT2D eigenvalue weighted by atomic mass is 10.1. The molecule has 1 aliphatic carbocycles. The van der Waals surface area contributed by atoms with Crippen LogP contribution < -0.4 is 0 Å². The molecular weight excluding hydrogens is 196 g/mol. The van der Waals surface area contributed by atoms with Gasteiger partial charge in [-0.05, 0) is 39.5 Å². The van der Waals surface area contributed by atoms with Gasteiger partial charge in [0.25, 0.3) is 0 Å². The third-order valence-electron chi connectivity index (χ3n) is 2.66. The first kappa shape index (κ1) is 11.8. The van der Waals surface area contributed by atoms with Gasteiger partial charge < -0.3 is 9.84 Å². The Hall–Kier alpha value is -1.32. The molecule has 84 valence electrons. The zero-order valence-corrected chi connectivity index (χ0v) is 9.08. The zero-order valence-electron chi connectivity index (χ0n) is 9.08. The van der Waals surface area contributed by atoms with Crippen molar-refractivity contribution in [3.05, 3.63) is 11.6 Å². The molecule has 0 aromatic heterocycles. The average molecular weight is 212 g/mol. The van der Waals surface area contributed by atoms with Crippen LogP contribution in [0.2, 0.25) is 0 Å². The zero-order chi connectivity index (χ0) is 11.5. The summed E-state index contributed by atoms with van der Waals surface area (Å²) in [5.74, 6) is -1.65. The van der Waals surface area contributed by atoms with Crippen molar-refractivity contribution in [2.45, 2.75) is 45.1 Å². The molecule has 0 spiro atoms. The van der Waals surface area contributed by atoms with Gasteiger partial charge in [0, 0.05) is 11.6 Å². The first-order valence-electron chi connectivity index (χ1n) is 5.07. The molecule has 1 saturated carbocycles. The molecule has 1 fully saturated rings. The maximum absolute atomic E-state index is 11.5. The van der Waals surface area contributed by atoms with Crippen molar-refractivity contribution in [1.29, 1.82) is 0 Å². The Morgan fingerprint density at radius 2 is 1.87 bits per heavy atom. The summed E-state index contributed by atoms with van der Waals surface area (Å²) in [6.45, 7) is 3.35. The topological polar surface area (TPSA) is 63.6 Å². The van der Waals surface area contributed by atoms with E-state index in [4.69, 9.17) is 9.84 Å². The Morgan fingerprint density at radius 1 is 1.33 bits per heavy atom. The van der Waals surface area contributed by atoms with E-state index in [9.17, 15) is 9.59 Å². The molecule has 0 unspecified atom stereocenters. The molecule has 1 rings (SSSR count). The van der Waals surface area contributed by atoms with Crippen LogP contribution >= 0.6 is 0 Å². The minimum absolute atomic E-state index is 0.135. The van der Waals surface area contributed by atoms with Crippen molar-refractivity contribution >= 4 is 11.9 Å². The highest BCUT2D eigenvalue weighted by atomic mass is 16.6. The van der Waals surface area contributed by atoms with Crippen molar-refractivity contribution in [3.8, 4) is 0 Å². The van der Waals surface area contributed by atoms with Crippen molar-refractivity contribution in [2.75, 3.05) is 0 Å². The lowest BCUT2D eigenvalue weighted by Crippen LogP contribution is -2.28. The van der Waals surface area contributed by atoms with Crippen LogP contribution in [0.25, 0.3) is 0 Å². The van der Waals surface area contributed by atoms with E-state index in [0.717, 1.165) is 31.8 Å². The molecular formula is C11H16O4. The van der Waals surface area contributed by atoms with Gasteiger partial charge in [0.05, 0.1) is 0 Å². The predicted octanol–water partition coefficient (Wildman–Crippen LogP) is 1.89. The minimum atomic E-state index is -1.12. The molecule has 0 aromatic carbocycles. The van der Waals surface area contributed by atoms with Crippen LogP contribution in [0.4, 0.5) is 0 Å². The largest absolute Gasteiger partial charge is 0.478 e. The molecule has 4 nitrogen and oxygen atoms in total. The third-order valence-corrected chi connectivity index (χ3v) is 2.66. The smallest absolute Gasteiger partial charge is 0.334 e. The lowest BCUT2D eigenvalue weighted by molar-refractivity contribution is -0.152. The second kappa shape index (κ2) is 4.47. The van der Waals surface area contributed by atoms with Crippen LogP contribution in [-0.4, -0.2) is 22.6 Å². The second-order valence-electron chi connectivity index (χ2n) is 4.21. The highest BCUT2D eigenvalue weighted by molar-refractivity contribution is 5.95. The fraction of sp³-hybridized carbons (Fsp3) is 0.636. The summed E-state index contributed by atoms with van der Waals surface area (Å²) in [6, 6.07) is 0. The Balaban J connectivity index is 2.58. The molecule has 0 aliphatic heterocycles. The number of carboxylic acids is 1. The molecule has 1 aliphatic rings. The number of carbonyl (C=O) groups is 2. The first-order valence-corrected chi connectivity index (χ1v) is 5.07. The molecule has 0 amide bonds. The summed E-state index contributed by atoms with van der Waals surface area (Å²) < 4.78 is 5.29. The molecule has 0 radical (unpaired) electrons. The van der Waals surface area contributed by atoms with Crippen molar-refractivity contribution < 1.29 is 19.4 Å². The summed E-state index contributed by atoms with van der Waals surface area (Å²) in [6.07, 6.45) is 4.72. The van der Waals surface area contributed by atoms with E-state index >= 15 is 0 Å². The molecule has 0 bridgehead atoms. The van der Waals surface area contributed by atoms with Gasteiger partial charge in [-0.15, -0.1) is 0 Å². The maximum Gasteiger partial charge on any atom is 0.334 e. The number of carboxylic acid groups (broad SMARTS) is 1. The molecule has 1 N–H and O–H groups in total. The van der Waals surface area contributed by atoms with E-state index in [1.54, 1.807) is 0 Å².